The zero-order chi connectivity index (χ0) is 23.0. The summed E-state index contributed by atoms with van der Waals surface area (Å²) in [4.78, 5) is 25.7. The molecule has 2 N–H and O–H groups in total. The van der Waals surface area contributed by atoms with Gasteiger partial charge in [0.1, 0.15) is 0 Å². The van der Waals surface area contributed by atoms with E-state index in [0.717, 1.165) is 36.1 Å². The van der Waals surface area contributed by atoms with Crippen molar-refractivity contribution in [2.45, 2.75) is 44.9 Å². The number of carbonyl (C=O) groups is 2. The van der Waals surface area contributed by atoms with Gasteiger partial charge >= 0.3 is 0 Å². The summed E-state index contributed by atoms with van der Waals surface area (Å²) in [6.45, 7) is 1.75. The number of hydrogen-bond donors (Lipinski definition) is 2. The molecule has 0 saturated heterocycles. The first-order chi connectivity index (χ1) is 16.1. The summed E-state index contributed by atoms with van der Waals surface area (Å²) in [5.41, 5.74) is 8.45. The largest absolute Gasteiger partial charge is 0.325 e. The number of benzene rings is 3. The van der Waals surface area contributed by atoms with Crippen LogP contribution in [0.1, 0.15) is 54.4 Å². The molecule has 5 nitrogen and oxygen atoms in total. The molecule has 1 aliphatic rings. The average Bonchev–Trinajstić information content (AvgIpc) is 2.84. The van der Waals surface area contributed by atoms with Crippen LogP contribution < -0.4 is 10.7 Å². The van der Waals surface area contributed by atoms with E-state index < -0.39 is 5.92 Å². The molecule has 1 aliphatic carbocycles. The Labute approximate surface area is 194 Å². The first-order valence-corrected chi connectivity index (χ1v) is 11.5. The smallest absolute Gasteiger partial charge is 0.252 e. The number of hydrogen-bond acceptors (Lipinski definition) is 3. The van der Waals surface area contributed by atoms with Crippen molar-refractivity contribution >= 4 is 23.2 Å². The number of nitrogens with one attached hydrogen (secondary N) is 2. The normalized spacial score (nSPS) is 13.3. The van der Waals surface area contributed by atoms with Gasteiger partial charge in [0, 0.05) is 11.4 Å². The third-order valence-electron chi connectivity index (χ3n) is 5.97. The molecule has 0 aliphatic heterocycles. The van der Waals surface area contributed by atoms with Crippen LogP contribution in [0.15, 0.2) is 84.0 Å². The number of aryl methyl sites for hydroxylation is 1. The number of amides is 2. The Morgan fingerprint density at radius 3 is 2.15 bits per heavy atom. The number of fused-ring (bicyclic) bond motifs is 1. The fraction of sp³-hybridized carbons (Fsp3) is 0.250. The molecular formula is C28H29N3O2. The summed E-state index contributed by atoms with van der Waals surface area (Å²) in [5.74, 6) is -0.843. The third-order valence-corrected chi connectivity index (χ3v) is 5.97. The fourth-order valence-corrected chi connectivity index (χ4v) is 4.37. The van der Waals surface area contributed by atoms with E-state index in [1.54, 1.807) is 6.92 Å². The minimum atomic E-state index is -0.478. The quantitative estimate of drug-likeness (QED) is 0.391. The van der Waals surface area contributed by atoms with Gasteiger partial charge in [-0.15, -0.1) is 0 Å². The molecule has 0 fully saturated rings. The van der Waals surface area contributed by atoms with E-state index in [1.165, 1.54) is 17.5 Å². The summed E-state index contributed by atoms with van der Waals surface area (Å²) < 4.78 is 0. The summed E-state index contributed by atoms with van der Waals surface area (Å²) in [6.07, 6.45) is 4.52. The maximum Gasteiger partial charge on any atom is 0.252 e. The molecule has 2 amide bonds. The van der Waals surface area contributed by atoms with E-state index >= 15 is 0 Å². The van der Waals surface area contributed by atoms with Gasteiger partial charge in [0.25, 0.3) is 5.91 Å². The molecule has 0 radical (unpaired) electrons. The molecule has 0 bridgehead atoms. The van der Waals surface area contributed by atoms with Crippen LogP contribution in [0.25, 0.3) is 0 Å². The molecule has 5 heteroatoms. The van der Waals surface area contributed by atoms with Crippen LogP contribution in [-0.4, -0.2) is 17.5 Å². The lowest BCUT2D eigenvalue weighted by molar-refractivity contribution is -0.121. The van der Waals surface area contributed by atoms with Crippen LogP contribution >= 0.6 is 0 Å². The van der Waals surface area contributed by atoms with Crippen molar-refractivity contribution in [2.24, 2.45) is 5.10 Å². The van der Waals surface area contributed by atoms with Crippen molar-refractivity contribution in [1.82, 2.24) is 5.43 Å². The summed E-state index contributed by atoms with van der Waals surface area (Å²) >= 11 is 0. The molecule has 0 aromatic heterocycles. The lowest BCUT2D eigenvalue weighted by atomic mass is 9.90. The van der Waals surface area contributed by atoms with Gasteiger partial charge in [-0.3, -0.25) is 9.59 Å². The van der Waals surface area contributed by atoms with E-state index in [1.807, 2.05) is 72.8 Å². The van der Waals surface area contributed by atoms with E-state index in [4.69, 9.17) is 0 Å². The second-order valence-corrected chi connectivity index (χ2v) is 8.45. The molecule has 0 unspecified atom stereocenters. The minimum Gasteiger partial charge on any atom is -0.325 e. The van der Waals surface area contributed by atoms with Crippen molar-refractivity contribution in [3.05, 3.63) is 101 Å². The van der Waals surface area contributed by atoms with Gasteiger partial charge in [-0.1, -0.05) is 72.8 Å². The molecule has 33 heavy (non-hydrogen) atoms. The zero-order valence-corrected chi connectivity index (χ0v) is 18.9. The number of rotatable bonds is 7. The van der Waals surface area contributed by atoms with E-state index in [-0.39, 0.29) is 18.2 Å². The summed E-state index contributed by atoms with van der Waals surface area (Å²) in [7, 11) is 0. The standard InChI is InChI=1S/C28H29N3O2/c1-20(19-26(32)29-25-18-10-16-21-11-8-9-17-24(21)25)30-31-28(33)27(22-12-4-2-5-13-22)23-14-6-3-7-15-23/h2-7,10,12-16,18,27H,8-9,11,17,19H2,1H3,(H,29,32)(H,31,33)/b30-20-. The van der Waals surface area contributed by atoms with E-state index in [2.05, 4.69) is 21.9 Å². The number of hydrazone groups is 1. The van der Waals surface area contributed by atoms with Gasteiger partial charge in [-0.2, -0.15) is 5.10 Å². The van der Waals surface area contributed by atoms with E-state index in [9.17, 15) is 9.59 Å². The van der Waals surface area contributed by atoms with Crippen molar-refractivity contribution < 1.29 is 9.59 Å². The zero-order valence-electron chi connectivity index (χ0n) is 18.9. The maximum atomic E-state index is 13.1. The monoisotopic (exact) mass is 439 g/mol. The molecule has 3 aromatic rings. The van der Waals surface area contributed by atoms with Crippen molar-refractivity contribution in [3.8, 4) is 0 Å². The lowest BCUT2D eigenvalue weighted by Crippen LogP contribution is -2.27. The topological polar surface area (TPSA) is 70.6 Å². The highest BCUT2D eigenvalue weighted by Gasteiger charge is 2.22. The van der Waals surface area contributed by atoms with Gasteiger partial charge in [0.05, 0.1) is 12.3 Å². The molecule has 0 saturated carbocycles. The molecule has 3 aromatic carbocycles. The highest BCUT2D eigenvalue weighted by molar-refractivity contribution is 6.06. The number of carbonyl (C=O) groups excluding carboxylic acids is 2. The Hall–Kier alpha value is -3.73. The molecule has 168 valence electrons. The van der Waals surface area contributed by atoms with Gasteiger partial charge in [0.2, 0.25) is 5.91 Å². The van der Waals surface area contributed by atoms with Gasteiger partial charge < -0.3 is 5.32 Å². The van der Waals surface area contributed by atoms with Gasteiger partial charge in [-0.05, 0) is 60.9 Å². The van der Waals surface area contributed by atoms with Crippen molar-refractivity contribution in [3.63, 3.8) is 0 Å². The summed E-state index contributed by atoms with van der Waals surface area (Å²) in [5, 5.41) is 7.25. The highest BCUT2D eigenvalue weighted by Crippen LogP contribution is 2.28. The Bertz CT molecular complexity index is 1100. The Balaban J connectivity index is 1.41. The number of anilines is 1. The second-order valence-electron chi connectivity index (χ2n) is 8.45. The van der Waals surface area contributed by atoms with Crippen LogP contribution in [0.2, 0.25) is 0 Å². The third kappa shape index (κ3) is 5.75. The minimum absolute atomic E-state index is 0.116. The molecule has 0 spiro atoms. The first kappa shape index (κ1) is 22.5. The predicted molar refractivity (Wildman–Crippen MR) is 132 cm³/mol. The molecule has 0 heterocycles. The van der Waals surface area contributed by atoms with Crippen LogP contribution in [-0.2, 0) is 22.4 Å². The van der Waals surface area contributed by atoms with Gasteiger partial charge in [0.15, 0.2) is 0 Å². The fourth-order valence-electron chi connectivity index (χ4n) is 4.37. The second kappa shape index (κ2) is 10.7. The maximum absolute atomic E-state index is 13.1. The summed E-state index contributed by atoms with van der Waals surface area (Å²) in [6, 6.07) is 25.3. The van der Waals surface area contributed by atoms with Gasteiger partial charge in [-0.25, -0.2) is 5.43 Å². The molecule has 0 atom stereocenters. The van der Waals surface area contributed by atoms with Crippen LogP contribution in [0.4, 0.5) is 5.69 Å². The Morgan fingerprint density at radius 1 is 0.848 bits per heavy atom. The van der Waals surface area contributed by atoms with Crippen LogP contribution in [0.3, 0.4) is 0 Å². The number of nitrogens with zero attached hydrogens (tertiary/aromatic N) is 1. The van der Waals surface area contributed by atoms with Crippen molar-refractivity contribution in [1.29, 1.82) is 0 Å². The first-order valence-electron chi connectivity index (χ1n) is 11.5. The van der Waals surface area contributed by atoms with Crippen LogP contribution in [0, 0.1) is 0 Å². The Kier molecular flexibility index (Phi) is 7.30. The van der Waals surface area contributed by atoms with Crippen molar-refractivity contribution in [2.75, 3.05) is 5.32 Å². The predicted octanol–water partition coefficient (Wildman–Crippen LogP) is 5.22. The molecular weight excluding hydrogens is 410 g/mol. The SMILES string of the molecule is C/C(CC(=O)Nc1cccc2c1CCCC2)=N/NC(=O)C(c1ccccc1)c1ccccc1. The van der Waals surface area contributed by atoms with Crippen LogP contribution in [0.5, 0.6) is 0 Å². The Morgan fingerprint density at radius 2 is 1.48 bits per heavy atom. The van der Waals surface area contributed by atoms with E-state index in [0.29, 0.717) is 5.71 Å². The average molecular weight is 440 g/mol. The molecule has 4 rings (SSSR count). The highest BCUT2D eigenvalue weighted by atomic mass is 16.2. The lowest BCUT2D eigenvalue weighted by Gasteiger charge is -2.19.